The zero-order valence-electron chi connectivity index (χ0n) is 13.9. The van der Waals surface area contributed by atoms with Crippen LogP contribution in [0, 0.1) is 11.3 Å². The molecule has 1 aromatic carbocycles. The number of benzene rings is 1. The maximum atomic E-state index is 9.43. The molecule has 1 aliphatic heterocycles. The van der Waals surface area contributed by atoms with Crippen molar-refractivity contribution in [1.82, 2.24) is 9.38 Å². The molecule has 4 rings (SSSR count). The quantitative estimate of drug-likeness (QED) is 0.674. The van der Waals surface area contributed by atoms with Gasteiger partial charge in [-0.3, -0.25) is 4.40 Å². The number of rotatable bonds is 4. The Labute approximate surface area is 155 Å². The van der Waals surface area contributed by atoms with E-state index >= 15 is 0 Å². The summed E-state index contributed by atoms with van der Waals surface area (Å²) in [6.45, 7) is 0.737. The van der Waals surface area contributed by atoms with Gasteiger partial charge in [0.1, 0.15) is 23.2 Å². The largest absolute Gasteiger partial charge is 0.465 e. The summed E-state index contributed by atoms with van der Waals surface area (Å²) in [5, 5.41) is 9.95. The summed E-state index contributed by atoms with van der Waals surface area (Å²) in [4.78, 5) is 4.34. The standard InChI is InChI=1S/C19H16ClN3O3/c20-13-4-9-17-22-19(16(11-21)23(17)12-13)26-15-7-5-14(6-8-15)25-18-3-1-2-10-24-18/h4-9,12,18H,1-3,10H2. The third-order valence-corrected chi connectivity index (χ3v) is 4.32. The van der Waals surface area contributed by atoms with E-state index in [4.69, 9.17) is 25.8 Å². The van der Waals surface area contributed by atoms with Crippen molar-refractivity contribution in [2.24, 2.45) is 0 Å². The van der Waals surface area contributed by atoms with Crippen LogP contribution in [0.4, 0.5) is 0 Å². The van der Waals surface area contributed by atoms with Gasteiger partial charge in [0.25, 0.3) is 5.88 Å². The molecule has 0 saturated carbocycles. The number of ether oxygens (including phenoxy) is 3. The predicted octanol–water partition coefficient (Wildman–Crippen LogP) is 4.56. The molecule has 0 N–H and O–H groups in total. The van der Waals surface area contributed by atoms with E-state index in [1.54, 1.807) is 34.9 Å². The lowest BCUT2D eigenvalue weighted by Gasteiger charge is -2.23. The highest BCUT2D eigenvalue weighted by molar-refractivity contribution is 6.30. The molecule has 1 fully saturated rings. The van der Waals surface area contributed by atoms with Gasteiger partial charge in [0.2, 0.25) is 0 Å². The number of pyridine rings is 1. The Kier molecular flexibility index (Phi) is 4.65. The smallest absolute Gasteiger partial charge is 0.257 e. The maximum absolute atomic E-state index is 9.43. The Morgan fingerprint density at radius 1 is 1.15 bits per heavy atom. The lowest BCUT2D eigenvalue weighted by molar-refractivity contribution is -0.105. The Bertz CT molecular complexity index is 957. The summed E-state index contributed by atoms with van der Waals surface area (Å²) in [6, 6.07) is 12.7. The van der Waals surface area contributed by atoms with Crippen molar-refractivity contribution in [1.29, 1.82) is 5.26 Å². The normalized spacial score (nSPS) is 17.0. The summed E-state index contributed by atoms with van der Waals surface area (Å²) in [6.07, 6.45) is 4.53. The topological polar surface area (TPSA) is 68.8 Å². The lowest BCUT2D eigenvalue weighted by atomic mass is 10.2. The van der Waals surface area contributed by atoms with Crippen LogP contribution in [-0.2, 0) is 4.74 Å². The molecular formula is C19H16ClN3O3. The monoisotopic (exact) mass is 369 g/mol. The zero-order chi connectivity index (χ0) is 17.9. The number of nitrogens with zero attached hydrogens (tertiary/aromatic N) is 3. The van der Waals surface area contributed by atoms with Crippen LogP contribution in [0.25, 0.3) is 5.65 Å². The summed E-state index contributed by atoms with van der Waals surface area (Å²) < 4.78 is 18.8. The molecule has 0 amide bonds. The molecule has 1 atom stereocenters. The van der Waals surface area contributed by atoms with Gasteiger partial charge in [-0.05, 0) is 49.2 Å². The Hall–Kier alpha value is -2.75. The van der Waals surface area contributed by atoms with Crippen LogP contribution >= 0.6 is 11.6 Å². The van der Waals surface area contributed by atoms with E-state index in [0.717, 1.165) is 25.9 Å². The van der Waals surface area contributed by atoms with Gasteiger partial charge >= 0.3 is 0 Å². The van der Waals surface area contributed by atoms with E-state index < -0.39 is 0 Å². The van der Waals surface area contributed by atoms with E-state index in [0.29, 0.717) is 27.9 Å². The molecule has 3 aromatic rings. The first-order valence-corrected chi connectivity index (χ1v) is 8.74. The molecule has 132 valence electrons. The SMILES string of the molecule is N#Cc1c(Oc2ccc(OC3CCCCO3)cc2)nc2ccc(Cl)cn12. The number of hydrogen-bond donors (Lipinski definition) is 0. The first kappa shape index (κ1) is 16.7. The van der Waals surface area contributed by atoms with Crippen LogP contribution < -0.4 is 9.47 Å². The second-order valence-corrected chi connectivity index (χ2v) is 6.38. The summed E-state index contributed by atoms with van der Waals surface area (Å²) in [5.41, 5.74) is 0.883. The molecule has 0 spiro atoms. The van der Waals surface area contributed by atoms with Crippen molar-refractivity contribution in [3.8, 4) is 23.4 Å². The second-order valence-electron chi connectivity index (χ2n) is 5.94. The van der Waals surface area contributed by atoms with Gasteiger partial charge < -0.3 is 14.2 Å². The second kappa shape index (κ2) is 7.24. The molecule has 0 aliphatic carbocycles. The van der Waals surface area contributed by atoms with Crippen molar-refractivity contribution < 1.29 is 14.2 Å². The van der Waals surface area contributed by atoms with Gasteiger partial charge in [-0.15, -0.1) is 0 Å². The number of nitriles is 1. The third kappa shape index (κ3) is 3.45. The highest BCUT2D eigenvalue weighted by atomic mass is 35.5. The molecule has 1 aliphatic rings. The van der Waals surface area contributed by atoms with E-state index in [1.807, 2.05) is 12.1 Å². The van der Waals surface area contributed by atoms with Crippen LogP contribution in [0.3, 0.4) is 0 Å². The number of halogens is 1. The number of hydrogen-bond acceptors (Lipinski definition) is 5. The Balaban J connectivity index is 1.52. The molecule has 6 nitrogen and oxygen atoms in total. The minimum atomic E-state index is -0.191. The molecule has 3 heterocycles. The van der Waals surface area contributed by atoms with Crippen molar-refractivity contribution in [3.05, 3.63) is 53.3 Å². The predicted molar refractivity (Wildman–Crippen MR) is 95.7 cm³/mol. The highest BCUT2D eigenvalue weighted by Crippen LogP contribution is 2.28. The van der Waals surface area contributed by atoms with E-state index in [1.165, 1.54) is 0 Å². The van der Waals surface area contributed by atoms with Gasteiger partial charge in [0.05, 0.1) is 11.6 Å². The van der Waals surface area contributed by atoms with Crippen molar-refractivity contribution >= 4 is 17.2 Å². The summed E-state index contributed by atoms with van der Waals surface area (Å²) in [5.74, 6) is 1.51. The van der Waals surface area contributed by atoms with Gasteiger partial charge in [-0.25, -0.2) is 0 Å². The van der Waals surface area contributed by atoms with E-state index in [2.05, 4.69) is 11.1 Å². The van der Waals surface area contributed by atoms with Crippen molar-refractivity contribution in [3.63, 3.8) is 0 Å². The molecule has 0 radical (unpaired) electrons. The molecular weight excluding hydrogens is 354 g/mol. The number of fused-ring (bicyclic) bond motifs is 1. The van der Waals surface area contributed by atoms with Crippen molar-refractivity contribution in [2.75, 3.05) is 6.61 Å². The lowest BCUT2D eigenvalue weighted by Crippen LogP contribution is -2.24. The van der Waals surface area contributed by atoms with Gasteiger partial charge in [0, 0.05) is 12.6 Å². The Morgan fingerprint density at radius 3 is 2.69 bits per heavy atom. The summed E-state index contributed by atoms with van der Waals surface area (Å²) >= 11 is 5.99. The fourth-order valence-corrected chi connectivity index (χ4v) is 2.98. The van der Waals surface area contributed by atoms with Gasteiger partial charge in [-0.2, -0.15) is 10.2 Å². The van der Waals surface area contributed by atoms with E-state index in [-0.39, 0.29) is 12.2 Å². The zero-order valence-corrected chi connectivity index (χ0v) is 14.6. The average Bonchev–Trinajstić information content (AvgIpc) is 3.00. The third-order valence-electron chi connectivity index (χ3n) is 4.10. The minimum absolute atomic E-state index is 0.191. The molecule has 0 bridgehead atoms. The van der Waals surface area contributed by atoms with Crippen molar-refractivity contribution in [2.45, 2.75) is 25.6 Å². The van der Waals surface area contributed by atoms with Crippen LogP contribution in [0.15, 0.2) is 42.6 Å². The van der Waals surface area contributed by atoms with Crippen LogP contribution in [0.2, 0.25) is 5.02 Å². The summed E-state index contributed by atoms with van der Waals surface area (Å²) in [7, 11) is 0. The fourth-order valence-electron chi connectivity index (χ4n) is 2.82. The minimum Gasteiger partial charge on any atom is -0.465 e. The first-order chi connectivity index (χ1) is 12.7. The maximum Gasteiger partial charge on any atom is 0.257 e. The Morgan fingerprint density at radius 2 is 1.96 bits per heavy atom. The molecule has 7 heteroatoms. The van der Waals surface area contributed by atoms with Gasteiger partial charge in [0.15, 0.2) is 12.0 Å². The average molecular weight is 370 g/mol. The molecule has 2 aromatic heterocycles. The van der Waals surface area contributed by atoms with E-state index in [9.17, 15) is 5.26 Å². The number of imidazole rings is 1. The van der Waals surface area contributed by atoms with Crippen LogP contribution in [0.5, 0.6) is 17.4 Å². The fraction of sp³-hybridized carbons (Fsp3) is 0.263. The first-order valence-electron chi connectivity index (χ1n) is 8.37. The van der Waals surface area contributed by atoms with Crippen LogP contribution in [0.1, 0.15) is 25.0 Å². The molecule has 1 unspecified atom stereocenters. The van der Waals surface area contributed by atoms with Gasteiger partial charge in [-0.1, -0.05) is 11.6 Å². The van der Waals surface area contributed by atoms with Crippen LogP contribution in [-0.4, -0.2) is 22.3 Å². The number of aromatic nitrogens is 2. The highest BCUT2D eigenvalue weighted by Gasteiger charge is 2.16. The molecule has 1 saturated heterocycles. The molecule has 26 heavy (non-hydrogen) atoms.